The molecule has 2 aromatic rings. The van der Waals surface area contributed by atoms with Crippen LogP contribution in [0.25, 0.3) is 10.8 Å². The summed E-state index contributed by atoms with van der Waals surface area (Å²) in [5, 5.41) is 2.09. The van der Waals surface area contributed by atoms with Gasteiger partial charge in [-0.2, -0.15) is 0 Å². The highest BCUT2D eigenvalue weighted by Gasteiger charge is 2.12. The van der Waals surface area contributed by atoms with Gasteiger partial charge in [0, 0.05) is 18.8 Å². The molecule has 0 amide bonds. The second-order valence-corrected chi connectivity index (χ2v) is 4.37. The fraction of sp³-hybridized carbons (Fsp3) is 0.286. The molecule has 82 valence electrons. The summed E-state index contributed by atoms with van der Waals surface area (Å²) in [7, 11) is 0. The van der Waals surface area contributed by atoms with Crippen LogP contribution in [0.2, 0.25) is 0 Å². The number of hydrogen-bond donors (Lipinski definition) is 0. The Kier molecular flexibility index (Phi) is 2.28. The molecule has 1 saturated heterocycles. The Balaban J connectivity index is 2.05. The number of nitrogens with zero attached hydrogens (tertiary/aromatic N) is 1. The van der Waals surface area contributed by atoms with Crippen molar-refractivity contribution in [2.45, 2.75) is 12.8 Å². The Hall–Kier alpha value is -1.57. The lowest BCUT2D eigenvalue weighted by atomic mass is 10.1. The first kappa shape index (κ1) is 9.64. The SMILES string of the molecule is Fc1ccc2cc(N3CCCC3)ccc2c1. The van der Waals surface area contributed by atoms with Crippen molar-refractivity contribution in [3.63, 3.8) is 0 Å². The number of anilines is 1. The molecular formula is C14H14FN. The van der Waals surface area contributed by atoms with E-state index in [4.69, 9.17) is 0 Å². The third kappa shape index (κ3) is 1.64. The molecule has 0 spiro atoms. The molecule has 16 heavy (non-hydrogen) atoms. The van der Waals surface area contributed by atoms with Gasteiger partial charge in [0.1, 0.15) is 5.82 Å². The van der Waals surface area contributed by atoms with Crippen LogP contribution < -0.4 is 4.90 Å². The maximum atomic E-state index is 13.0. The molecular weight excluding hydrogens is 201 g/mol. The smallest absolute Gasteiger partial charge is 0.123 e. The van der Waals surface area contributed by atoms with Crippen LogP contribution in [0.5, 0.6) is 0 Å². The molecule has 1 heterocycles. The maximum absolute atomic E-state index is 13.0. The van der Waals surface area contributed by atoms with Gasteiger partial charge in [-0.1, -0.05) is 12.1 Å². The first-order chi connectivity index (χ1) is 7.83. The molecule has 0 saturated carbocycles. The van der Waals surface area contributed by atoms with Crippen molar-refractivity contribution < 1.29 is 4.39 Å². The maximum Gasteiger partial charge on any atom is 0.123 e. The number of hydrogen-bond acceptors (Lipinski definition) is 1. The minimum absolute atomic E-state index is 0.165. The summed E-state index contributed by atoms with van der Waals surface area (Å²) < 4.78 is 13.0. The van der Waals surface area contributed by atoms with E-state index in [9.17, 15) is 4.39 Å². The standard InChI is InChI=1S/C14H14FN/c15-13-5-3-12-10-14(6-4-11(12)9-13)16-7-1-2-8-16/h3-6,9-10H,1-2,7-8H2. The van der Waals surface area contributed by atoms with Crippen molar-refractivity contribution in [1.29, 1.82) is 0 Å². The normalized spacial score (nSPS) is 15.9. The molecule has 0 aromatic heterocycles. The lowest BCUT2D eigenvalue weighted by molar-refractivity contribution is 0.630. The zero-order valence-corrected chi connectivity index (χ0v) is 9.12. The Morgan fingerprint density at radius 3 is 2.38 bits per heavy atom. The second kappa shape index (κ2) is 3.78. The highest BCUT2D eigenvalue weighted by atomic mass is 19.1. The van der Waals surface area contributed by atoms with Crippen molar-refractivity contribution in [1.82, 2.24) is 0 Å². The van der Waals surface area contributed by atoms with Crippen LogP contribution in [0.15, 0.2) is 36.4 Å². The molecule has 0 atom stereocenters. The Morgan fingerprint density at radius 1 is 0.875 bits per heavy atom. The highest BCUT2D eigenvalue weighted by Crippen LogP contribution is 2.25. The summed E-state index contributed by atoms with van der Waals surface area (Å²) >= 11 is 0. The monoisotopic (exact) mass is 215 g/mol. The lowest BCUT2D eigenvalue weighted by Crippen LogP contribution is -2.17. The van der Waals surface area contributed by atoms with Crippen molar-refractivity contribution in [3.05, 3.63) is 42.2 Å². The third-order valence-electron chi connectivity index (χ3n) is 3.26. The van der Waals surface area contributed by atoms with Gasteiger partial charge in [-0.05, 0) is 47.9 Å². The van der Waals surface area contributed by atoms with Crippen LogP contribution in [0.4, 0.5) is 10.1 Å². The van der Waals surface area contributed by atoms with Gasteiger partial charge in [0.15, 0.2) is 0 Å². The summed E-state index contributed by atoms with van der Waals surface area (Å²) in [5.74, 6) is -0.165. The van der Waals surface area contributed by atoms with Crippen molar-refractivity contribution in [2.75, 3.05) is 18.0 Å². The van der Waals surface area contributed by atoms with E-state index in [1.165, 1.54) is 24.6 Å². The fourth-order valence-electron chi connectivity index (χ4n) is 2.38. The van der Waals surface area contributed by atoms with Gasteiger partial charge in [-0.3, -0.25) is 0 Å². The van der Waals surface area contributed by atoms with Crippen LogP contribution in [0, 0.1) is 5.82 Å². The van der Waals surface area contributed by atoms with Gasteiger partial charge in [0.05, 0.1) is 0 Å². The van der Waals surface area contributed by atoms with E-state index in [-0.39, 0.29) is 5.82 Å². The molecule has 2 aromatic carbocycles. The van der Waals surface area contributed by atoms with Gasteiger partial charge in [-0.15, -0.1) is 0 Å². The van der Waals surface area contributed by atoms with Crippen LogP contribution in [-0.2, 0) is 0 Å². The average molecular weight is 215 g/mol. The van der Waals surface area contributed by atoms with Crippen molar-refractivity contribution >= 4 is 16.5 Å². The third-order valence-corrected chi connectivity index (χ3v) is 3.26. The van der Waals surface area contributed by atoms with Gasteiger partial charge >= 0.3 is 0 Å². The van der Waals surface area contributed by atoms with Gasteiger partial charge in [0.2, 0.25) is 0 Å². The molecule has 2 heteroatoms. The summed E-state index contributed by atoms with van der Waals surface area (Å²) in [6, 6.07) is 11.2. The van der Waals surface area contributed by atoms with Gasteiger partial charge in [-0.25, -0.2) is 4.39 Å². The van der Waals surface area contributed by atoms with E-state index in [1.54, 1.807) is 6.07 Å². The van der Waals surface area contributed by atoms with E-state index in [0.717, 1.165) is 23.9 Å². The minimum atomic E-state index is -0.165. The number of halogens is 1. The summed E-state index contributed by atoms with van der Waals surface area (Å²) in [5.41, 5.74) is 1.26. The highest BCUT2D eigenvalue weighted by molar-refractivity contribution is 5.86. The lowest BCUT2D eigenvalue weighted by Gasteiger charge is -2.17. The zero-order chi connectivity index (χ0) is 11.0. The number of fused-ring (bicyclic) bond motifs is 1. The molecule has 1 fully saturated rings. The second-order valence-electron chi connectivity index (χ2n) is 4.37. The fourth-order valence-corrected chi connectivity index (χ4v) is 2.38. The van der Waals surface area contributed by atoms with Crippen LogP contribution in [0.3, 0.4) is 0 Å². The van der Waals surface area contributed by atoms with E-state index in [1.807, 2.05) is 12.1 Å². The molecule has 1 aliphatic heterocycles. The first-order valence-electron chi connectivity index (χ1n) is 5.77. The average Bonchev–Trinajstić information content (AvgIpc) is 2.82. The van der Waals surface area contributed by atoms with Crippen LogP contribution in [0.1, 0.15) is 12.8 Å². The molecule has 1 aliphatic rings. The Morgan fingerprint density at radius 2 is 1.56 bits per heavy atom. The van der Waals surface area contributed by atoms with Gasteiger partial charge in [0.25, 0.3) is 0 Å². The van der Waals surface area contributed by atoms with Crippen molar-refractivity contribution in [3.8, 4) is 0 Å². The predicted octanol–water partition coefficient (Wildman–Crippen LogP) is 3.58. The number of benzene rings is 2. The zero-order valence-electron chi connectivity index (χ0n) is 9.12. The van der Waals surface area contributed by atoms with E-state index in [0.29, 0.717) is 0 Å². The summed E-state index contributed by atoms with van der Waals surface area (Å²) in [6.45, 7) is 2.29. The van der Waals surface area contributed by atoms with Crippen LogP contribution >= 0.6 is 0 Å². The van der Waals surface area contributed by atoms with Gasteiger partial charge < -0.3 is 4.90 Å². The van der Waals surface area contributed by atoms with E-state index in [2.05, 4.69) is 17.0 Å². The minimum Gasteiger partial charge on any atom is -0.372 e. The van der Waals surface area contributed by atoms with E-state index >= 15 is 0 Å². The quantitative estimate of drug-likeness (QED) is 0.702. The number of rotatable bonds is 1. The molecule has 0 unspecified atom stereocenters. The first-order valence-corrected chi connectivity index (χ1v) is 5.77. The van der Waals surface area contributed by atoms with E-state index < -0.39 is 0 Å². The Labute approximate surface area is 94.5 Å². The topological polar surface area (TPSA) is 3.24 Å². The molecule has 0 radical (unpaired) electrons. The predicted molar refractivity (Wildman–Crippen MR) is 65.4 cm³/mol. The molecule has 0 aliphatic carbocycles. The van der Waals surface area contributed by atoms with Crippen LogP contribution in [-0.4, -0.2) is 13.1 Å². The van der Waals surface area contributed by atoms with Crippen molar-refractivity contribution in [2.24, 2.45) is 0 Å². The Bertz CT molecular complexity index is 515. The largest absolute Gasteiger partial charge is 0.372 e. The molecule has 0 N–H and O–H groups in total. The summed E-state index contributed by atoms with van der Waals surface area (Å²) in [6.07, 6.45) is 2.56. The molecule has 1 nitrogen and oxygen atoms in total. The summed E-state index contributed by atoms with van der Waals surface area (Å²) in [4.78, 5) is 2.39. The molecule has 3 rings (SSSR count). The molecule has 0 bridgehead atoms.